The number of nitrogens with one attached hydrogen (secondary N) is 2. The molecule has 1 heterocycles. The molecule has 0 aliphatic heterocycles. The maximum absolute atomic E-state index is 12.2. The van der Waals surface area contributed by atoms with Crippen LogP contribution in [0.15, 0.2) is 30.3 Å². The van der Waals surface area contributed by atoms with Crippen molar-refractivity contribution in [2.75, 3.05) is 28.6 Å². The van der Waals surface area contributed by atoms with Gasteiger partial charge in [0, 0.05) is 42.6 Å². The molecular weight excluding hydrogens is 350 g/mol. The van der Waals surface area contributed by atoms with E-state index in [0.29, 0.717) is 18.3 Å². The molecule has 1 aromatic heterocycles. The molecule has 0 bridgehead atoms. The minimum atomic E-state index is 0.110. The van der Waals surface area contributed by atoms with Crippen LogP contribution >= 0.6 is 0 Å². The summed E-state index contributed by atoms with van der Waals surface area (Å²) in [6.07, 6.45) is 5.51. The molecule has 0 unspecified atom stereocenters. The van der Waals surface area contributed by atoms with Crippen molar-refractivity contribution in [2.45, 2.75) is 52.9 Å². The van der Waals surface area contributed by atoms with E-state index in [4.69, 9.17) is 0 Å². The Labute approximate surface area is 167 Å². The summed E-state index contributed by atoms with van der Waals surface area (Å²) >= 11 is 0. The highest BCUT2D eigenvalue weighted by Gasteiger charge is 2.18. The topological polar surface area (TPSA) is 70.2 Å². The standard InChI is InChI=1S/C22H31N5O/c1-4-27(5-2)20-14-16(3)23-22(26-20)25-19-12-10-18(11-13-19)24-21(28)15-17-8-6-7-9-17/h10-14,17H,4-9,15H2,1-3H3,(H,24,28)(H,23,25,26). The van der Waals surface area contributed by atoms with Crippen LogP contribution in [0.1, 0.15) is 51.6 Å². The SMILES string of the molecule is CCN(CC)c1cc(C)nc(Nc2ccc(NC(=O)CC3CCCC3)cc2)n1. The summed E-state index contributed by atoms with van der Waals surface area (Å²) in [6.45, 7) is 8.02. The number of carbonyl (C=O) groups excluding carboxylic acids is 1. The highest BCUT2D eigenvalue weighted by atomic mass is 16.1. The first-order chi connectivity index (χ1) is 13.6. The number of hydrogen-bond acceptors (Lipinski definition) is 5. The number of anilines is 4. The summed E-state index contributed by atoms with van der Waals surface area (Å²) in [5.41, 5.74) is 2.64. The zero-order valence-electron chi connectivity index (χ0n) is 17.2. The lowest BCUT2D eigenvalue weighted by molar-refractivity contribution is -0.117. The molecule has 28 heavy (non-hydrogen) atoms. The molecule has 2 aromatic rings. The number of aromatic nitrogens is 2. The van der Waals surface area contributed by atoms with Crippen LogP contribution in [0.5, 0.6) is 0 Å². The number of carbonyl (C=O) groups is 1. The fraction of sp³-hybridized carbons (Fsp3) is 0.500. The number of rotatable bonds is 8. The van der Waals surface area contributed by atoms with E-state index in [1.165, 1.54) is 25.7 Å². The molecule has 150 valence electrons. The lowest BCUT2D eigenvalue weighted by Gasteiger charge is -2.20. The molecule has 0 saturated heterocycles. The van der Waals surface area contributed by atoms with E-state index >= 15 is 0 Å². The van der Waals surface area contributed by atoms with E-state index in [-0.39, 0.29) is 5.91 Å². The Kier molecular flexibility index (Phi) is 6.85. The number of benzene rings is 1. The summed E-state index contributed by atoms with van der Waals surface area (Å²) in [6, 6.07) is 9.70. The van der Waals surface area contributed by atoms with Gasteiger partial charge in [0.15, 0.2) is 0 Å². The number of amides is 1. The van der Waals surface area contributed by atoms with Gasteiger partial charge in [0.2, 0.25) is 11.9 Å². The van der Waals surface area contributed by atoms with Gasteiger partial charge in [-0.15, -0.1) is 0 Å². The van der Waals surface area contributed by atoms with Crippen LogP contribution in [-0.4, -0.2) is 29.0 Å². The van der Waals surface area contributed by atoms with E-state index in [0.717, 1.165) is 36.0 Å². The lowest BCUT2D eigenvalue weighted by Crippen LogP contribution is -2.23. The molecule has 0 radical (unpaired) electrons. The van der Waals surface area contributed by atoms with Crippen LogP contribution in [0.25, 0.3) is 0 Å². The van der Waals surface area contributed by atoms with Crippen molar-refractivity contribution in [3.63, 3.8) is 0 Å². The number of hydrogen-bond donors (Lipinski definition) is 2. The van der Waals surface area contributed by atoms with E-state index in [2.05, 4.69) is 39.3 Å². The van der Waals surface area contributed by atoms with Gasteiger partial charge in [-0.1, -0.05) is 12.8 Å². The number of aryl methyl sites for hydroxylation is 1. The Balaban J connectivity index is 1.61. The second-order valence-corrected chi connectivity index (χ2v) is 7.47. The van der Waals surface area contributed by atoms with Crippen molar-refractivity contribution >= 4 is 29.0 Å². The van der Waals surface area contributed by atoms with E-state index in [1.54, 1.807) is 0 Å². The van der Waals surface area contributed by atoms with Crippen molar-refractivity contribution in [1.29, 1.82) is 0 Å². The van der Waals surface area contributed by atoms with Crippen molar-refractivity contribution < 1.29 is 4.79 Å². The summed E-state index contributed by atoms with van der Waals surface area (Å²) in [5.74, 6) is 2.17. The normalized spacial score (nSPS) is 14.1. The molecule has 1 saturated carbocycles. The van der Waals surface area contributed by atoms with E-state index < -0.39 is 0 Å². The third kappa shape index (κ3) is 5.44. The fourth-order valence-corrected chi connectivity index (χ4v) is 3.77. The van der Waals surface area contributed by atoms with Gasteiger partial charge in [0.1, 0.15) is 5.82 Å². The lowest BCUT2D eigenvalue weighted by atomic mass is 10.0. The highest BCUT2D eigenvalue weighted by molar-refractivity contribution is 5.91. The second-order valence-electron chi connectivity index (χ2n) is 7.47. The minimum Gasteiger partial charge on any atom is -0.357 e. The van der Waals surface area contributed by atoms with Gasteiger partial charge in [-0.2, -0.15) is 4.98 Å². The molecule has 1 aliphatic rings. The average Bonchev–Trinajstić information content (AvgIpc) is 3.17. The molecule has 1 amide bonds. The molecule has 0 atom stereocenters. The van der Waals surface area contributed by atoms with Gasteiger partial charge < -0.3 is 15.5 Å². The quantitative estimate of drug-likeness (QED) is 0.681. The molecule has 6 heteroatoms. The zero-order chi connectivity index (χ0) is 19.9. The van der Waals surface area contributed by atoms with Crippen LogP contribution in [-0.2, 0) is 4.79 Å². The molecule has 1 aliphatic carbocycles. The molecule has 1 aromatic carbocycles. The van der Waals surface area contributed by atoms with Gasteiger partial charge in [-0.3, -0.25) is 4.79 Å². The Morgan fingerprint density at radius 3 is 2.36 bits per heavy atom. The van der Waals surface area contributed by atoms with Crippen LogP contribution < -0.4 is 15.5 Å². The summed E-state index contributed by atoms with van der Waals surface area (Å²) in [4.78, 5) is 23.5. The monoisotopic (exact) mass is 381 g/mol. The number of nitrogens with zero attached hydrogens (tertiary/aromatic N) is 3. The maximum Gasteiger partial charge on any atom is 0.229 e. The van der Waals surface area contributed by atoms with Gasteiger partial charge in [-0.05, 0) is 63.8 Å². The van der Waals surface area contributed by atoms with Gasteiger partial charge in [0.05, 0.1) is 0 Å². The fourth-order valence-electron chi connectivity index (χ4n) is 3.77. The van der Waals surface area contributed by atoms with E-state index in [1.807, 2.05) is 37.3 Å². The Bertz CT molecular complexity index is 780. The van der Waals surface area contributed by atoms with Crippen LogP contribution in [0.2, 0.25) is 0 Å². The van der Waals surface area contributed by atoms with Gasteiger partial charge >= 0.3 is 0 Å². The summed E-state index contributed by atoms with van der Waals surface area (Å²) in [7, 11) is 0. The third-order valence-electron chi connectivity index (χ3n) is 5.30. The first-order valence-electron chi connectivity index (χ1n) is 10.3. The molecule has 6 nitrogen and oxygen atoms in total. The van der Waals surface area contributed by atoms with Gasteiger partial charge in [0.25, 0.3) is 0 Å². The summed E-state index contributed by atoms with van der Waals surface area (Å²) < 4.78 is 0. The Morgan fingerprint density at radius 1 is 1.07 bits per heavy atom. The summed E-state index contributed by atoms with van der Waals surface area (Å²) in [5, 5.41) is 6.27. The highest BCUT2D eigenvalue weighted by Crippen LogP contribution is 2.28. The van der Waals surface area contributed by atoms with E-state index in [9.17, 15) is 4.79 Å². The smallest absolute Gasteiger partial charge is 0.229 e. The average molecular weight is 382 g/mol. The maximum atomic E-state index is 12.2. The van der Waals surface area contributed by atoms with Crippen molar-refractivity contribution in [3.05, 3.63) is 36.0 Å². The Morgan fingerprint density at radius 2 is 1.71 bits per heavy atom. The molecule has 0 spiro atoms. The van der Waals surface area contributed by atoms with Crippen molar-refractivity contribution in [3.8, 4) is 0 Å². The van der Waals surface area contributed by atoms with Crippen LogP contribution in [0.3, 0.4) is 0 Å². The first kappa shape index (κ1) is 20.1. The minimum absolute atomic E-state index is 0.110. The predicted molar refractivity (Wildman–Crippen MR) is 115 cm³/mol. The molecule has 1 fully saturated rings. The molecule has 3 rings (SSSR count). The van der Waals surface area contributed by atoms with Crippen LogP contribution in [0.4, 0.5) is 23.1 Å². The van der Waals surface area contributed by atoms with Gasteiger partial charge in [-0.25, -0.2) is 4.98 Å². The first-order valence-corrected chi connectivity index (χ1v) is 10.3. The van der Waals surface area contributed by atoms with Crippen molar-refractivity contribution in [1.82, 2.24) is 9.97 Å². The Hall–Kier alpha value is -2.63. The third-order valence-corrected chi connectivity index (χ3v) is 5.30. The zero-order valence-corrected chi connectivity index (χ0v) is 17.2. The second kappa shape index (κ2) is 9.53. The predicted octanol–water partition coefficient (Wildman–Crippen LogP) is 4.89. The molecule has 2 N–H and O–H groups in total. The largest absolute Gasteiger partial charge is 0.357 e. The van der Waals surface area contributed by atoms with Crippen molar-refractivity contribution in [2.24, 2.45) is 5.92 Å². The van der Waals surface area contributed by atoms with Crippen LogP contribution in [0, 0.1) is 12.8 Å². The molecular formula is C22H31N5O.